The van der Waals surface area contributed by atoms with Gasteiger partial charge in [0.05, 0.1) is 12.9 Å². The first-order valence-electron chi connectivity index (χ1n) is 4.93. The molecule has 0 amide bonds. The van der Waals surface area contributed by atoms with Gasteiger partial charge in [-0.2, -0.15) is 0 Å². The molecule has 0 fully saturated rings. The summed E-state index contributed by atoms with van der Waals surface area (Å²) >= 11 is 1.58. The van der Waals surface area contributed by atoms with Crippen molar-refractivity contribution < 1.29 is 13.2 Å². The van der Waals surface area contributed by atoms with E-state index in [-0.39, 0.29) is 11.8 Å². The van der Waals surface area contributed by atoms with Gasteiger partial charge in [-0.05, 0) is 19.5 Å². The lowest BCUT2D eigenvalue weighted by molar-refractivity contribution is 0.416. The second-order valence-electron chi connectivity index (χ2n) is 3.65. The van der Waals surface area contributed by atoms with Crippen molar-refractivity contribution in [3.63, 3.8) is 0 Å². The van der Waals surface area contributed by atoms with E-state index in [1.54, 1.807) is 18.4 Å². The van der Waals surface area contributed by atoms with E-state index in [0.717, 1.165) is 10.6 Å². The van der Waals surface area contributed by atoms with E-state index in [1.807, 2.05) is 18.5 Å². The van der Waals surface area contributed by atoms with Gasteiger partial charge in [-0.1, -0.05) is 0 Å². The zero-order chi connectivity index (χ0) is 12.2. The summed E-state index contributed by atoms with van der Waals surface area (Å²) in [7, 11) is 0.552. The number of sulfone groups is 1. The Labute approximate surface area is 101 Å². The van der Waals surface area contributed by atoms with Crippen molar-refractivity contribution in [1.29, 1.82) is 0 Å². The molecule has 0 bridgehead atoms. The Morgan fingerprint density at radius 2 is 2.25 bits per heavy atom. The van der Waals surface area contributed by atoms with Gasteiger partial charge in [0.15, 0.2) is 0 Å². The number of hydrogen-bond acceptors (Lipinski definition) is 5. The van der Waals surface area contributed by atoms with Crippen LogP contribution >= 0.6 is 11.3 Å². The first-order chi connectivity index (χ1) is 7.46. The summed E-state index contributed by atoms with van der Waals surface area (Å²) in [6.45, 7) is 0. The minimum Gasteiger partial charge on any atom is -0.496 e. The maximum atomic E-state index is 11.1. The molecule has 92 valence electrons. The van der Waals surface area contributed by atoms with Gasteiger partial charge >= 0.3 is 0 Å². The lowest BCUT2D eigenvalue weighted by Gasteiger charge is -2.13. The second kappa shape index (κ2) is 5.65. The minimum absolute atomic E-state index is 0.0728. The molecule has 0 spiro atoms. The molecule has 6 heteroatoms. The summed E-state index contributed by atoms with van der Waals surface area (Å²) in [5.74, 6) is 1.01. The SMILES string of the molecule is CNC(CCS(C)(=O)=O)c1cc(OC)cs1. The third-order valence-electron chi connectivity index (χ3n) is 2.30. The minimum atomic E-state index is -2.90. The van der Waals surface area contributed by atoms with Crippen LogP contribution in [0.3, 0.4) is 0 Å². The van der Waals surface area contributed by atoms with Crippen molar-refractivity contribution in [2.24, 2.45) is 0 Å². The Kier molecular flexibility index (Phi) is 4.76. The van der Waals surface area contributed by atoms with E-state index in [4.69, 9.17) is 4.74 Å². The van der Waals surface area contributed by atoms with Crippen LogP contribution in [0.2, 0.25) is 0 Å². The first kappa shape index (κ1) is 13.5. The van der Waals surface area contributed by atoms with Gasteiger partial charge in [0.25, 0.3) is 0 Å². The summed E-state index contributed by atoms with van der Waals surface area (Å²) in [4.78, 5) is 1.10. The van der Waals surface area contributed by atoms with Crippen molar-refractivity contribution in [3.05, 3.63) is 16.3 Å². The van der Waals surface area contributed by atoms with Crippen molar-refractivity contribution >= 4 is 21.2 Å². The lowest BCUT2D eigenvalue weighted by Crippen LogP contribution is -2.18. The van der Waals surface area contributed by atoms with Crippen molar-refractivity contribution in [2.45, 2.75) is 12.5 Å². The molecule has 1 unspecified atom stereocenters. The molecule has 0 saturated carbocycles. The molecule has 4 nitrogen and oxygen atoms in total. The maximum absolute atomic E-state index is 11.1. The fourth-order valence-electron chi connectivity index (χ4n) is 1.38. The van der Waals surface area contributed by atoms with E-state index < -0.39 is 9.84 Å². The van der Waals surface area contributed by atoms with Gasteiger partial charge in [0, 0.05) is 22.6 Å². The standard InChI is InChI=1S/C10H17NO3S2/c1-11-9(4-5-16(3,12)13)10-6-8(14-2)7-15-10/h6-7,9,11H,4-5H2,1-3H3. The zero-order valence-electron chi connectivity index (χ0n) is 9.69. The molecule has 1 atom stereocenters. The van der Waals surface area contributed by atoms with E-state index >= 15 is 0 Å². The van der Waals surface area contributed by atoms with E-state index in [9.17, 15) is 8.42 Å². The van der Waals surface area contributed by atoms with Crippen LogP contribution in [0.5, 0.6) is 5.75 Å². The fourth-order valence-corrected chi connectivity index (χ4v) is 3.05. The molecular formula is C10H17NO3S2. The highest BCUT2D eigenvalue weighted by molar-refractivity contribution is 7.90. The molecule has 1 heterocycles. The summed E-state index contributed by atoms with van der Waals surface area (Å²) < 4.78 is 27.3. The summed E-state index contributed by atoms with van der Waals surface area (Å²) in [6.07, 6.45) is 1.84. The maximum Gasteiger partial charge on any atom is 0.147 e. The first-order valence-corrected chi connectivity index (χ1v) is 7.87. The van der Waals surface area contributed by atoms with Crippen LogP contribution in [0.25, 0.3) is 0 Å². The Hall–Kier alpha value is -0.590. The highest BCUT2D eigenvalue weighted by Crippen LogP contribution is 2.28. The third-order valence-corrected chi connectivity index (χ3v) is 4.30. The predicted molar refractivity (Wildman–Crippen MR) is 67.0 cm³/mol. The monoisotopic (exact) mass is 263 g/mol. The zero-order valence-corrected chi connectivity index (χ0v) is 11.3. The quantitative estimate of drug-likeness (QED) is 0.844. The average molecular weight is 263 g/mol. The predicted octanol–water partition coefficient (Wildman–Crippen LogP) is 1.45. The number of nitrogens with one attached hydrogen (secondary N) is 1. The third kappa shape index (κ3) is 4.11. The van der Waals surface area contributed by atoms with Crippen LogP contribution in [0, 0.1) is 0 Å². The van der Waals surface area contributed by atoms with E-state index in [1.165, 1.54) is 6.26 Å². The Morgan fingerprint density at radius 3 is 2.69 bits per heavy atom. The van der Waals surface area contributed by atoms with Crippen LogP contribution in [0.15, 0.2) is 11.4 Å². The van der Waals surface area contributed by atoms with Crippen LogP contribution in [0.4, 0.5) is 0 Å². The Balaban J connectivity index is 2.67. The Morgan fingerprint density at radius 1 is 1.56 bits per heavy atom. The fraction of sp³-hybridized carbons (Fsp3) is 0.600. The molecule has 0 radical (unpaired) electrons. The number of thiophene rings is 1. The molecule has 1 aromatic rings. The van der Waals surface area contributed by atoms with Gasteiger partial charge in [-0.15, -0.1) is 11.3 Å². The van der Waals surface area contributed by atoms with Crippen molar-refractivity contribution in [3.8, 4) is 5.75 Å². The second-order valence-corrected chi connectivity index (χ2v) is 6.85. The van der Waals surface area contributed by atoms with Crippen LogP contribution < -0.4 is 10.1 Å². The van der Waals surface area contributed by atoms with E-state index in [2.05, 4.69) is 5.32 Å². The van der Waals surface area contributed by atoms with Crippen LogP contribution in [-0.2, 0) is 9.84 Å². The largest absolute Gasteiger partial charge is 0.496 e. The highest BCUT2D eigenvalue weighted by Gasteiger charge is 2.14. The van der Waals surface area contributed by atoms with Gasteiger partial charge in [-0.25, -0.2) is 8.42 Å². The Bertz CT molecular complexity index is 425. The van der Waals surface area contributed by atoms with Crippen LogP contribution in [0.1, 0.15) is 17.3 Å². The normalized spacial score (nSPS) is 13.7. The van der Waals surface area contributed by atoms with Gasteiger partial charge in [0.1, 0.15) is 15.6 Å². The van der Waals surface area contributed by atoms with Crippen molar-refractivity contribution in [2.75, 3.05) is 26.2 Å². The molecule has 16 heavy (non-hydrogen) atoms. The van der Waals surface area contributed by atoms with E-state index in [0.29, 0.717) is 6.42 Å². The molecule has 0 saturated heterocycles. The molecule has 1 N–H and O–H groups in total. The summed E-state index contributed by atoms with van der Waals surface area (Å²) in [5, 5.41) is 5.04. The summed E-state index contributed by atoms with van der Waals surface area (Å²) in [6, 6.07) is 2.01. The molecule has 0 aliphatic heterocycles. The number of rotatable bonds is 6. The number of ether oxygens (including phenoxy) is 1. The smallest absolute Gasteiger partial charge is 0.147 e. The van der Waals surface area contributed by atoms with Crippen molar-refractivity contribution in [1.82, 2.24) is 5.32 Å². The average Bonchev–Trinajstić information content (AvgIpc) is 2.65. The molecular weight excluding hydrogens is 246 g/mol. The summed E-state index contributed by atoms with van der Waals surface area (Å²) in [5.41, 5.74) is 0. The lowest BCUT2D eigenvalue weighted by atomic mass is 10.2. The topological polar surface area (TPSA) is 55.4 Å². The van der Waals surface area contributed by atoms with Gasteiger partial charge < -0.3 is 10.1 Å². The van der Waals surface area contributed by atoms with Crippen LogP contribution in [-0.4, -0.2) is 34.6 Å². The van der Waals surface area contributed by atoms with Gasteiger partial charge in [0.2, 0.25) is 0 Å². The number of methoxy groups -OCH3 is 1. The molecule has 0 aromatic carbocycles. The van der Waals surface area contributed by atoms with Gasteiger partial charge in [-0.3, -0.25) is 0 Å². The molecule has 1 aromatic heterocycles. The molecule has 1 rings (SSSR count). The molecule has 0 aliphatic rings. The molecule has 0 aliphatic carbocycles. The highest BCUT2D eigenvalue weighted by atomic mass is 32.2. The number of hydrogen-bond donors (Lipinski definition) is 1.